The average molecular weight is 275 g/mol. The summed E-state index contributed by atoms with van der Waals surface area (Å²) in [5.41, 5.74) is 6.61. The van der Waals surface area contributed by atoms with Gasteiger partial charge in [0, 0.05) is 30.8 Å². The second-order valence-electron chi connectivity index (χ2n) is 4.76. The Hall–Kier alpha value is -2.37. The topological polar surface area (TPSA) is 92.5 Å². The molecule has 1 aliphatic heterocycles. The van der Waals surface area contributed by atoms with Crippen molar-refractivity contribution in [1.82, 2.24) is 0 Å². The maximum absolute atomic E-state index is 11.8. The highest BCUT2D eigenvalue weighted by Crippen LogP contribution is 2.26. The first-order valence-electron chi connectivity index (χ1n) is 6.51. The number of anilines is 2. The zero-order valence-corrected chi connectivity index (χ0v) is 11.3. The molecule has 1 aromatic rings. The fourth-order valence-electron chi connectivity index (χ4n) is 2.12. The second-order valence-corrected chi connectivity index (χ2v) is 4.76. The van der Waals surface area contributed by atoms with Gasteiger partial charge in [-0.2, -0.15) is 0 Å². The van der Waals surface area contributed by atoms with E-state index in [2.05, 4.69) is 5.32 Å². The van der Waals surface area contributed by atoms with Crippen LogP contribution in [0.25, 0.3) is 0 Å². The molecular formula is C14H17N3O3. The van der Waals surface area contributed by atoms with E-state index in [4.69, 9.17) is 5.73 Å². The van der Waals surface area contributed by atoms with Crippen LogP contribution in [0.5, 0.6) is 0 Å². The molecule has 1 aromatic carbocycles. The Kier molecular flexibility index (Phi) is 4.02. The molecule has 1 fully saturated rings. The highest BCUT2D eigenvalue weighted by molar-refractivity contribution is 6.00. The Balaban J connectivity index is 2.08. The molecule has 0 spiro atoms. The number of rotatable bonds is 4. The lowest BCUT2D eigenvalue weighted by Crippen LogP contribution is -2.28. The summed E-state index contributed by atoms with van der Waals surface area (Å²) in [5, 5.41) is 2.73. The van der Waals surface area contributed by atoms with Crippen molar-refractivity contribution in [3.05, 3.63) is 24.3 Å². The van der Waals surface area contributed by atoms with Crippen LogP contribution in [0.4, 0.5) is 11.4 Å². The molecule has 6 nitrogen and oxygen atoms in total. The van der Waals surface area contributed by atoms with Gasteiger partial charge in [-0.3, -0.25) is 14.4 Å². The normalized spacial score (nSPS) is 18.1. The zero-order chi connectivity index (χ0) is 14.7. The van der Waals surface area contributed by atoms with Crippen LogP contribution in [0.1, 0.15) is 19.8 Å². The summed E-state index contributed by atoms with van der Waals surface area (Å²) in [6.07, 6.45) is 0.566. The van der Waals surface area contributed by atoms with E-state index in [9.17, 15) is 14.4 Å². The van der Waals surface area contributed by atoms with Gasteiger partial charge in [-0.05, 0) is 24.3 Å². The lowest BCUT2D eigenvalue weighted by molar-refractivity contribution is -0.123. The minimum Gasteiger partial charge on any atom is -0.369 e. The highest BCUT2D eigenvalue weighted by atomic mass is 16.2. The van der Waals surface area contributed by atoms with Gasteiger partial charge in [0.1, 0.15) is 0 Å². The molecule has 3 amide bonds. The fourth-order valence-corrected chi connectivity index (χ4v) is 2.12. The van der Waals surface area contributed by atoms with Crippen LogP contribution in [0.15, 0.2) is 24.3 Å². The molecule has 2 rings (SSSR count). The Morgan fingerprint density at radius 3 is 2.50 bits per heavy atom. The first-order chi connectivity index (χ1) is 9.51. The van der Waals surface area contributed by atoms with Crippen LogP contribution in [0.3, 0.4) is 0 Å². The molecule has 1 heterocycles. The molecule has 1 saturated heterocycles. The highest BCUT2D eigenvalue weighted by Gasteiger charge is 2.33. The number of primary amides is 1. The van der Waals surface area contributed by atoms with Crippen LogP contribution in [0, 0.1) is 5.92 Å². The van der Waals surface area contributed by atoms with Gasteiger partial charge < -0.3 is 16.0 Å². The molecule has 20 heavy (non-hydrogen) atoms. The molecule has 1 atom stereocenters. The summed E-state index contributed by atoms with van der Waals surface area (Å²) in [6.45, 7) is 2.09. The van der Waals surface area contributed by atoms with Crippen molar-refractivity contribution in [2.75, 3.05) is 16.8 Å². The van der Waals surface area contributed by atoms with E-state index in [0.717, 1.165) is 0 Å². The molecule has 0 saturated carbocycles. The Labute approximate surface area is 116 Å². The quantitative estimate of drug-likeness (QED) is 0.854. The Morgan fingerprint density at radius 1 is 1.35 bits per heavy atom. The summed E-state index contributed by atoms with van der Waals surface area (Å²) in [5.74, 6) is -1.06. The summed E-state index contributed by atoms with van der Waals surface area (Å²) >= 11 is 0. The van der Waals surface area contributed by atoms with Gasteiger partial charge in [0.25, 0.3) is 0 Å². The molecular weight excluding hydrogens is 258 g/mol. The van der Waals surface area contributed by atoms with Gasteiger partial charge >= 0.3 is 0 Å². The van der Waals surface area contributed by atoms with Crippen molar-refractivity contribution >= 4 is 29.1 Å². The Morgan fingerprint density at radius 2 is 2.00 bits per heavy atom. The van der Waals surface area contributed by atoms with Crippen molar-refractivity contribution in [1.29, 1.82) is 0 Å². The molecule has 0 aromatic heterocycles. The van der Waals surface area contributed by atoms with Gasteiger partial charge in [-0.25, -0.2) is 0 Å². The molecule has 1 aliphatic rings. The van der Waals surface area contributed by atoms with E-state index in [1.807, 2.05) is 0 Å². The van der Waals surface area contributed by atoms with Gasteiger partial charge in [0.05, 0.1) is 5.92 Å². The largest absolute Gasteiger partial charge is 0.369 e. The number of amides is 3. The van der Waals surface area contributed by atoms with Gasteiger partial charge in [0.15, 0.2) is 0 Å². The predicted molar refractivity (Wildman–Crippen MR) is 75.0 cm³/mol. The summed E-state index contributed by atoms with van der Waals surface area (Å²) in [4.78, 5) is 35.8. The number of hydrogen-bond acceptors (Lipinski definition) is 3. The van der Waals surface area contributed by atoms with Crippen LogP contribution in [-0.2, 0) is 14.4 Å². The number of benzene rings is 1. The summed E-state index contributed by atoms with van der Waals surface area (Å²) in [6, 6.07) is 6.95. The molecule has 0 bridgehead atoms. The first kappa shape index (κ1) is 14.0. The van der Waals surface area contributed by atoms with Crippen LogP contribution in [0.2, 0.25) is 0 Å². The maximum Gasteiger partial charge on any atom is 0.227 e. The third kappa shape index (κ3) is 2.96. The predicted octanol–water partition coefficient (Wildman–Crippen LogP) is 0.873. The van der Waals surface area contributed by atoms with Gasteiger partial charge in [-0.15, -0.1) is 0 Å². The van der Waals surface area contributed by atoms with Crippen molar-refractivity contribution in [3.8, 4) is 0 Å². The number of nitrogens with zero attached hydrogens (tertiary/aromatic N) is 1. The SMILES string of the molecule is CCC(=O)Nc1ccc(N2CC(C(N)=O)CC2=O)cc1. The van der Waals surface area contributed by atoms with Gasteiger partial charge in [-0.1, -0.05) is 6.92 Å². The first-order valence-corrected chi connectivity index (χ1v) is 6.51. The molecule has 0 radical (unpaired) electrons. The lowest BCUT2D eigenvalue weighted by atomic mass is 10.1. The summed E-state index contributed by atoms with van der Waals surface area (Å²) in [7, 11) is 0. The second kappa shape index (κ2) is 5.73. The number of nitrogens with two attached hydrogens (primary N) is 1. The average Bonchev–Trinajstić information content (AvgIpc) is 2.82. The summed E-state index contributed by atoms with van der Waals surface area (Å²) < 4.78 is 0. The number of carbonyl (C=O) groups is 3. The Bertz CT molecular complexity index is 539. The van der Waals surface area contributed by atoms with E-state index in [1.54, 1.807) is 36.1 Å². The fraction of sp³-hybridized carbons (Fsp3) is 0.357. The third-order valence-corrected chi connectivity index (χ3v) is 3.31. The zero-order valence-electron chi connectivity index (χ0n) is 11.3. The molecule has 0 aliphatic carbocycles. The van der Waals surface area contributed by atoms with E-state index in [-0.39, 0.29) is 18.2 Å². The standard InChI is InChI=1S/C14H17N3O3/c1-2-12(18)16-10-3-5-11(6-4-10)17-8-9(14(15)20)7-13(17)19/h3-6,9H,2,7-8H2,1H3,(H2,15,20)(H,16,18). The number of nitrogens with one attached hydrogen (secondary N) is 1. The van der Waals surface area contributed by atoms with E-state index >= 15 is 0 Å². The molecule has 1 unspecified atom stereocenters. The molecule has 106 valence electrons. The van der Waals surface area contributed by atoms with Crippen molar-refractivity contribution in [3.63, 3.8) is 0 Å². The maximum atomic E-state index is 11.8. The number of hydrogen-bond donors (Lipinski definition) is 2. The van der Waals surface area contributed by atoms with E-state index in [0.29, 0.717) is 24.3 Å². The van der Waals surface area contributed by atoms with Crippen molar-refractivity contribution in [2.45, 2.75) is 19.8 Å². The molecule has 6 heteroatoms. The van der Waals surface area contributed by atoms with Gasteiger partial charge in [0.2, 0.25) is 17.7 Å². The van der Waals surface area contributed by atoms with E-state index < -0.39 is 11.8 Å². The number of carbonyl (C=O) groups excluding carboxylic acids is 3. The third-order valence-electron chi connectivity index (χ3n) is 3.31. The molecule has 3 N–H and O–H groups in total. The smallest absolute Gasteiger partial charge is 0.227 e. The van der Waals surface area contributed by atoms with Crippen LogP contribution in [-0.4, -0.2) is 24.3 Å². The van der Waals surface area contributed by atoms with E-state index in [1.165, 1.54) is 0 Å². The van der Waals surface area contributed by atoms with Crippen LogP contribution < -0.4 is 16.0 Å². The van der Waals surface area contributed by atoms with Crippen molar-refractivity contribution < 1.29 is 14.4 Å². The minimum absolute atomic E-state index is 0.0659. The monoisotopic (exact) mass is 275 g/mol. The lowest BCUT2D eigenvalue weighted by Gasteiger charge is -2.16. The minimum atomic E-state index is -0.451. The van der Waals surface area contributed by atoms with Crippen molar-refractivity contribution in [2.24, 2.45) is 11.7 Å². The van der Waals surface area contributed by atoms with Crippen LogP contribution >= 0.6 is 0 Å².